The number of halogens is 2. The lowest BCUT2D eigenvalue weighted by Gasteiger charge is -2.46. The molecule has 4 rings (SSSR count). The second-order valence-corrected chi connectivity index (χ2v) is 10.9. The minimum atomic E-state index is -1.52. The summed E-state index contributed by atoms with van der Waals surface area (Å²) in [6.45, 7) is 2.26. The molecule has 1 aliphatic carbocycles. The highest BCUT2D eigenvalue weighted by Crippen LogP contribution is 2.41. The quantitative estimate of drug-likeness (QED) is 0.267. The van der Waals surface area contributed by atoms with Crippen LogP contribution in [0, 0.1) is 5.92 Å². The SMILES string of the molecule is C[N+](C)(CCOCc1ccc(Cl)c(Cl)c1)Cc1nnc(C([O-])(c2ccccc2)C2CCCCC2)o1. The molecule has 0 N–H and O–H groups in total. The molecule has 0 bridgehead atoms. The van der Waals surface area contributed by atoms with Gasteiger partial charge >= 0.3 is 0 Å². The van der Waals surface area contributed by atoms with Gasteiger partial charge in [0.05, 0.1) is 37.4 Å². The number of nitrogens with zero attached hydrogens (tertiary/aromatic N) is 3. The van der Waals surface area contributed by atoms with E-state index in [2.05, 4.69) is 24.3 Å². The van der Waals surface area contributed by atoms with E-state index in [9.17, 15) is 5.11 Å². The zero-order valence-electron chi connectivity index (χ0n) is 20.4. The van der Waals surface area contributed by atoms with Crippen LogP contribution in [0.4, 0.5) is 0 Å². The van der Waals surface area contributed by atoms with E-state index < -0.39 is 5.60 Å². The van der Waals surface area contributed by atoms with Gasteiger partial charge in [0.25, 0.3) is 5.89 Å². The Kier molecular flexibility index (Phi) is 8.50. The molecular formula is C27H33Cl2N3O3. The van der Waals surface area contributed by atoms with Gasteiger partial charge in [-0.05, 0) is 34.8 Å². The summed E-state index contributed by atoms with van der Waals surface area (Å²) in [4.78, 5) is 0. The average molecular weight is 518 g/mol. The summed E-state index contributed by atoms with van der Waals surface area (Å²) < 4.78 is 12.5. The van der Waals surface area contributed by atoms with Gasteiger partial charge < -0.3 is 18.7 Å². The molecule has 0 saturated heterocycles. The summed E-state index contributed by atoms with van der Waals surface area (Å²) in [6.07, 6.45) is 5.07. The van der Waals surface area contributed by atoms with Crippen molar-refractivity contribution in [2.75, 3.05) is 27.2 Å². The molecule has 0 aliphatic heterocycles. The second-order valence-electron chi connectivity index (χ2n) is 10.1. The van der Waals surface area contributed by atoms with Crippen LogP contribution in [0.2, 0.25) is 10.0 Å². The Labute approximate surface area is 217 Å². The van der Waals surface area contributed by atoms with Gasteiger partial charge in [0.15, 0.2) is 6.54 Å². The minimum absolute atomic E-state index is 0.0516. The van der Waals surface area contributed by atoms with Crippen molar-refractivity contribution in [2.45, 2.75) is 50.9 Å². The summed E-state index contributed by atoms with van der Waals surface area (Å²) >= 11 is 12.0. The molecule has 35 heavy (non-hydrogen) atoms. The van der Waals surface area contributed by atoms with Crippen molar-refractivity contribution in [1.29, 1.82) is 0 Å². The van der Waals surface area contributed by atoms with Crippen LogP contribution in [0.5, 0.6) is 0 Å². The topological polar surface area (TPSA) is 71.2 Å². The summed E-state index contributed by atoms with van der Waals surface area (Å²) in [5, 5.41) is 24.0. The van der Waals surface area contributed by atoms with Gasteiger partial charge in [0.2, 0.25) is 5.89 Å². The van der Waals surface area contributed by atoms with Crippen molar-refractivity contribution in [1.82, 2.24) is 10.2 Å². The molecule has 1 aromatic heterocycles. The second kappa shape index (κ2) is 11.4. The highest BCUT2D eigenvalue weighted by molar-refractivity contribution is 6.42. The monoisotopic (exact) mass is 517 g/mol. The molecule has 0 spiro atoms. The fourth-order valence-electron chi connectivity index (χ4n) is 4.77. The lowest BCUT2D eigenvalue weighted by molar-refractivity contribution is -0.905. The van der Waals surface area contributed by atoms with Crippen LogP contribution in [-0.4, -0.2) is 41.9 Å². The molecule has 2 aromatic carbocycles. The van der Waals surface area contributed by atoms with Crippen LogP contribution in [0.3, 0.4) is 0 Å². The zero-order valence-corrected chi connectivity index (χ0v) is 21.9. The Hall–Kier alpha value is -1.96. The molecule has 1 atom stereocenters. The van der Waals surface area contributed by atoms with Crippen molar-refractivity contribution in [3.05, 3.63) is 81.5 Å². The Morgan fingerprint density at radius 1 is 1.03 bits per heavy atom. The normalized spacial score (nSPS) is 16.8. The van der Waals surface area contributed by atoms with Crippen LogP contribution in [0.1, 0.15) is 55.0 Å². The van der Waals surface area contributed by atoms with Gasteiger partial charge in [-0.25, -0.2) is 0 Å². The van der Waals surface area contributed by atoms with E-state index in [0.29, 0.717) is 45.7 Å². The standard InChI is InChI=1S/C27H33Cl2N3O3/c1-32(2,15-16-34-19-20-13-14-23(28)24(29)17-20)18-25-30-31-26(35-25)27(33,21-9-5-3-6-10-21)22-11-7-4-8-12-22/h3,5-6,9-10,13-14,17,22H,4,7-8,11-12,15-16,18-19H2,1-2H3. The van der Waals surface area contributed by atoms with Crippen LogP contribution < -0.4 is 5.11 Å². The van der Waals surface area contributed by atoms with E-state index in [0.717, 1.165) is 37.8 Å². The fourth-order valence-corrected chi connectivity index (χ4v) is 5.09. The van der Waals surface area contributed by atoms with Crippen LogP contribution in [0.25, 0.3) is 0 Å². The number of hydrogen-bond donors (Lipinski definition) is 0. The van der Waals surface area contributed by atoms with Crippen LogP contribution >= 0.6 is 23.2 Å². The maximum Gasteiger partial charge on any atom is 0.271 e. The van der Waals surface area contributed by atoms with E-state index in [4.69, 9.17) is 32.4 Å². The molecule has 1 fully saturated rings. The molecule has 1 aliphatic rings. The number of rotatable bonds is 10. The van der Waals surface area contributed by atoms with E-state index in [1.54, 1.807) is 6.07 Å². The Balaban J connectivity index is 1.40. The Morgan fingerprint density at radius 3 is 2.49 bits per heavy atom. The number of benzene rings is 2. The summed E-state index contributed by atoms with van der Waals surface area (Å²) in [6, 6.07) is 15.0. The Bertz CT molecular complexity index is 1100. The first-order chi connectivity index (χ1) is 16.8. The Morgan fingerprint density at radius 2 is 1.77 bits per heavy atom. The summed E-state index contributed by atoms with van der Waals surface area (Å²) in [5.74, 6) is 0.604. The molecule has 0 amide bonds. The summed E-state index contributed by atoms with van der Waals surface area (Å²) in [5.41, 5.74) is 0.153. The molecular weight excluding hydrogens is 485 g/mol. The predicted molar refractivity (Wildman–Crippen MR) is 135 cm³/mol. The number of aromatic nitrogens is 2. The van der Waals surface area contributed by atoms with Gasteiger partial charge in [-0.3, -0.25) is 0 Å². The van der Waals surface area contributed by atoms with Crippen LogP contribution in [0.15, 0.2) is 52.9 Å². The highest BCUT2D eigenvalue weighted by atomic mass is 35.5. The van der Waals surface area contributed by atoms with Crippen molar-refractivity contribution in [3.8, 4) is 0 Å². The summed E-state index contributed by atoms with van der Waals surface area (Å²) in [7, 11) is 4.16. The largest absolute Gasteiger partial charge is 0.839 e. The molecule has 1 saturated carbocycles. The number of ether oxygens (including phenoxy) is 1. The predicted octanol–water partition coefficient (Wildman–Crippen LogP) is 5.35. The van der Waals surface area contributed by atoms with Crippen molar-refractivity contribution >= 4 is 23.2 Å². The number of likely N-dealkylation sites (N-methyl/N-ethyl adjacent to an activating group) is 1. The molecule has 1 unspecified atom stereocenters. The van der Waals surface area contributed by atoms with E-state index in [1.165, 1.54) is 6.42 Å². The van der Waals surface area contributed by atoms with Crippen molar-refractivity contribution < 1.29 is 18.7 Å². The molecule has 0 radical (unpaired) electrons. The van der Waals surface area contributed by atoms with Gasteiger partial charge in [0.1, 0.15) is 6.54 Å². The minimum Gasteiger partial charge on any atom is -0.839 e. The smallest absolute Gasteiger partial charge is 0.271 e. The lowest BCUT2D eigenvalue weighted by Crippen LogP contribution is -2.49. The molecule has 1 heterocycles. The van der Waals surface area contributed by atoms with E-state index in [1.807, 2.05) is 42.5 Å². The zero-order chi connectivity index (χ0) is 24.9. The third kappa shape index (κ3) is 6.43. The first-order valence-corrected chi connectivity index (χ1v) is 13.0. The van der Waals surface area contributed by atoms with Crippen LogP contribution in [-0.2, 0) is 23.5 Å². The first-order valence-electron chi connectivity index (χ1n) is 12.2. The van der Waals surface area contributed by atoms with E-state index >= 15 is 0 Å². The van der Waals surface area contributed by atoms with Crippen molar-refractivity contribution in [2.24, 2.45) is 5.92 Å². The van der Waals surface area contributed by atoms with Gasteiger partial charge in [-0.2, -0.15) is 0 Å². The molecule has 3 aromatic rings. The fraction of sp³-hybridized carbons (Fsp3) is 0.481. The third-order valence-electron chi connectivity index (χ3n) is 6.82. The molecule has 8 heteroatoms. The third-order valence-corrected chi connectivity index (χ3v) is 7.56. The first kappa shape index (κ1) is 26.1. The highest BCUT2D eigenvalue weighted by Gasteiger charge is 2.37. The van der Waals surface area contributed by atoms with Crippen molar-refractivity contribution in [3.63, 3.8) is 0 Å². The molecule has 188 valence electrons. The van der Waals surface area contributed by atoms with Gasteiger partial charge in [0, 0.05) is 0 Å². The van der Waals surface area contributed by atoms with E-state index in [-0.39, 0.29) is 11.8 Å². The van der Waals surface area contributed by atoms with Gasteiger partial charge in [-0.1, -0.05) is 91.7 Å². The maximum atomic E-state index is 14.4. The average Bonchev–Trinajstić information content (AvgIpc) is 3.33. The lowest BCUT2D eigenvalue weighted by atomic mass is 9.73. The molecule has 6 nitrogen and oxygen atoms in total. The number of hydrogen-bond acceptors (Lipinski definition) is 5. The van der Waals surface area contributed by atoms with Gasteiger partial charge in [-0.15, -0.1) is 10.2 Å². The maximum absolute atomic E-state index is 14.4. The number of quaternary nitrogens is 1.